The van der Waals surface area contributed by atoms with Crippen LogP contribution in [0, 0.1) is 5.82 Å². The van der Waals surface area contributed by atoms with Gasteiger partial charge in [0.05, 0.1) is 18.9 Å². The summed E-state index contributed by atoms with van der Waals surface area (Å²) >= 11 is 0. The van der Waals surface area contributed by atoms with Gasteiger partial charge in [0.1, 0.15) is 5.82 Å². The molecule has 1 nitrogen and oxygen atoms in total. The van der Waals surface area contributed by atoms with Gasteiger partial charge in [-0.3, -0.25) is 0 Å². The van der Waals surface area contributed by atoms with Crippen molar-refractivity contribution < 1.29 is 22.3 Å². The molecule has 0 bridgehead atoms. The van der Waals surface area contributed by atoms with Crippen molar-refractivity contribution in [1.29, 1.82) is 0 Å². The van der Waals surface area contributed by atoms with Crippen LogP contribution in [-0.2, 0) is 10.9 Å². The van der Waals surface area contributed by atoms with Gasteiger partial charge >= 0.3 is 6.18 Å². The molecule has 0 fully saturated rings. The second-order valence-electron chi connectivity index (χ2n) is 2.74. The predicted octanol–water partition coefficient (Wildman–Crippen LogP) is 3.46. The zero-order chi connectivity index (χ0) is 11.5. The van der Waals surface area contributed by atoms with Gasteiger partial charge in [0.25, 0.3) is 0 Å². The van der Waals surface area contributed by atoms with Crippen LogP contribution in [0.15, 0.2) is 24.5 Å². The van der Waals surface area contributed by atoms with E-state index in [1.54, 1.807) is 0 Å². The quantitative estimate of drug-likeness (QED) is 0.547. The Morgan fingerprint density at radius 3 is 2.47 bits per heavy atom. The summed E-state index contributed by atoms with van der Waals surface area (Å²) in [6.07, 6.45) is -2.44. The Morgan fingerprint density at radius 2 is 1.93 bits per heavy atom. The van der Waals surface area contributed by atoms with Crippen molar-refractivity contribution in [2.24, 2.45) is 0 Å². The standard InChI is InChI=1S/C10H8F4O/c1-15-6-5-7-3-2-4-8(9(7)11)10(12,13)14/h2-6H,1H3/b6-5+. The first-order chi connectivity index (χ1) is 6.96. The molecule has 1 aromatic carbocycles. The van der Waals surface area contributed by atoms with Crippen LogP contribution in [0.3, 0.4) is 0 Å². The molecule has 0 radical (unpaired) electrons. The highest BCUT2D eigenvalue weighted by Crippen LogP contribution is 2.32. The Bertz CT molecular complexity index is 368. The van der Waals surface area contributed by atoms with Crippen molar-refractivity contribution in [2.75, 3.05) is 7.11 Å². The minimum atomic E-state index is -4.68. The third-order valence-electron chi connectivity index (χ3n) is 1.72. The highest BCUT2D eigenvalue weighted by Gasteiger charge is 2.34. The number of benzene rings is 1. The van der Waals surface area contributed by atoms with E-state index in [1.165, 1.54) is 13.2 Å². The Morgan fingerprint density at radius 1 is 1.27 bits per heavy atom. The number of hydrogen-bond acceptors (Lipinski definition) is 1. The first-order valence-corrected chi connectivity index (χ1v) is 4.02. The van der Waals surface area contributed by atoms with Gasteiger partial charge in [-0.15, -0.1) is 0 Å². The highest BCUT2D eigenvalue weighted by molar-refractivity contribution is 5.50. The van der Waals surface area contributed by atoms with Crippen molar-refractivity contribution in [1.82, 2.24) is 0 Å². The van der Waals surface area contributed by atoms with E-state index in [2.05, 4.69) is 4.74 Å². The molecule has 0 amide bonds. The summed E-state index contributed by atoms with van der Waals surface area (Å²) < 4.78 is 54.5. The van der Waals surface area contributed by atoms with Crippen LogP contribution in [0.4, 0.5) is 17.6 Å². The Kier molecular flexibility index (Phi) is 3.34. The van der Waals surface area contributed by atoms with Crippen molar-refractivity contribution in [2.45, 2.75) is 6.18 Å². The molecule has 0 unspecified atom stereocenters. The number of ether oxygens (including phenoxy) is 1. The number of methoxy groups -OCH3 is 1. The number of alkyl halides is 3. The molecule has 1 rings (SSSR count). The molecule has 0 heterocycles. The fourth-order valence-electron chi connectivity index (χ4n) is 1.04. The average Bonchev–Trinajstić information content (AvgIpc) is 2.14. The van der Waals surface area contributed by atoms with Crippen molar-refractivity contribution in [3.63, 3.8) is 0 Å². The monoisotopic (exact) mass is 220 g/mol. The first kappa shape index (κ1) is 11.6. The molecular formula is C10H8F4O. The average molecular weight is 220 g/mol. The Labute approximate surface area is 84.0 Å². The molecule has 1 aromatic rings. The van der Waals surface area contributed by atoms with E-state index in [4.69, 9.17) is 0 Å². The minimum absolute atomic E-state index is 0.160. The van der Waals surface area contributed by atoms with E-state index in [9.17, 15) is 17.6 Å². The van der Waals surface area contributed by atoms with E-state index in [-0.39, 0.29) is 5.56 Å². The molecule has 0 saturated heterocycles. The minimum Gasteiger partial charge on any atom is -0.504 e. The number of hydrogen-bond donors (Lipinski definition) is 0. The highest BCUT2D eigenvalue weighted by atomic mass is 19.4. The van der Waals surface area contributed by atoms with Crippen LogP contribution in [0.1, 0.15) is 11.1 Å². The molecule has 82 valence electrons. The molecule has 0 aliphatic rings. The summed E-state index contributed by atoms with van der Waals surface area (Å²) in [7, 11) is 1.32. The summed E-state index contributed by atoms with van der Waals surface area (Å²) in [5.74, 6) is -1.29. The van der Waals surface area contributed by atoms with E-state index >= 15 is 0 Å². The van der Waals surface area contributed by atoms with Gasteiger partial charge in [0.15, 0.2) is 0 Å². The second-order valence-corrected chi connectivity index (χ2v) is 2.74. The molecule has 0 saturated carbocycles. The topological polar surface area (TPSA) is 9.23 Å². The van der Waals surface area contributed by atoms with E-state index in [0.717, 1.165) is 18.4 Å². The fourth-order valence-corrected chi connectivity index (χ4v) is 1.04. The Balaban J connectivity index is 3.17. The molecule has 15 heavy (non-hydrogen) atoms. The third-order valence-corrected chi connectivity index (χ3v) is 1.72. The van der Waals surface area contributed by atoms with Crippen LogP contribution in [0.5, 0.6) is 0 Å². The molecule has 0 aromatic heterocycles. The lowest BCUT2D eigenvalue weighted by Crippen LogP contribution is -2.08. The predicted molar refractivity (Wildman–Crippen MR) is 47.4 cm³/mol. The molecule has 0 N–H and O–H groups in total. The molecule has 0 spiro atoms. The molecular weight excluding hydrogens is 212 g/mol. The smallest absolute Gasteiger partial charge is 0.419 e. The van der Waals surface area contributed by atoms with Crippen LogP contribution >= 0.6 is 0 Å². The Hall–Kier alpha value is -1.52. The van der Waals surface area contributed by atoms with Crippen LogP contribution in [-0.4, -0.2) is 7.11 Å². The summed E-state index contributed by atoms with van der Waals surface area (Å²) in [6, 6.07) is 3.07. The number of halogens is 4. The van der Waals surface area contributed by atoms with Gasteiger partial charge < -0.3 is 4.74 Å². The summed E-state index contributed by atoms with van der Waals surface area (Å²) in [5.41, 5.74) is -1.44. The van der Waals surface area contributed by atoms with Crippen molar-refractivity contribution in [3.05, 3.63) is 41.4 Å². The maximum atomic E-state index is 13.3. The molecule has 0 atom stereocenters. The van der Waals surface area contributed by atoms with Crippen LogP contribution < -0.4 is 0 Å². The van der Waals surface area contributed by atoms with Gasteiger partial charge in [-0.2, -0.15) is 13.2 Å². The maximum Gasteiger partial charge on any atom is 0.419 e. The first-order valence-electron chi connectivity index (χ1n) is 4.02. The van der Waals surface area contributed by atoms with E-state index < -0.39 is 17.6 Å². The van der Waals surface area contributed by atoms with E-state index in [0.29, 0.717) is 6.07 Å². The lowest BCUT2D eigenvalue weighted by atomic mass is 10.1. The summed E-state index contributed by atoms with van der Waals surface area (Å²) in [6.45, 7) is 0. The normalized spacial score (nSPS) is 12.1. The SMILES string of the molecule is CO/C=C/c1cccc(C(F)(F)F)c1F. The lowest BCUT2D eigenvalue weighted by molar-refractivity contribution is -0.140. The third kappa shape index (κ3) is 2.71. The maximum absolute atomic E-state index is 13.3. The van der Waals surface area contributed by atoms with Gasteiger partial charge in [-0.1, -0.05) is 12.1 Å². The second kappa shape index (κ2) is 4.33. The number of rotatable bonds is 2. The van der Waals surface area contributed by atoms with Gasteiger partial charge in [0.2, 0.25) is 0 Å². The fraction of sp³-hybridized carbons (Fsp3) is 0.200. The zero-order valence-corrected chi connectivity index (χ0v) is 7.81. The van der Waals surface area contributed by atoms with Crippen LogP contribution in [0.2, 0.25) is 0 Å². The van der Waals surface area contributed by atoms with Crippen molar-refractivity contribution in [3.8, 4) is 0 Å². The van der Waals surface area contributed by atoms with Crippen LogP contribution in [0.25, 0.3) is 6.08 Å². The molecule has 0 aliphatic carbocycles. The zero-order valence-electron chi connectivity index (χ0n) is 7.81. The van der Waals surface area contributed by atoms with Crippen molar-refractivity contribution >= 4 is 6.08 Å². The summed E-state index contributed by atoms with van der Waals surface area (Å²) in [5, 5.41) is 0. The van der Waals surface area contributed by atoms with Gasteiger partial charge in [-0.05, 0) is 12.1 Å². The molecule has 0 aliphatic heterocycles. The molecule has 5 heteroatoms. The van der Waals surface area contributed by atoms with Gasteiger partial charge in [-0.25, -0.2) is 4.39 Å². The van der Waals surface area contributed by atoms with Gasteiger partial charge in [0, 0.05) is 5.56 Å². The lowest BCUT2D eigenvalue weighted by Gasteiger charge is -2.08. The van der Waals surface area contributed by atoms with E-state index in [1.807, 2.05) is 0 Å². The summed E-state index contributed by atoms with van der Waals surface area (Å²) in [4.78, 5) is 0. The largest absolute Gasteiger partial charge is 0.504 e.